The molecule has 3 aromatic heterocycles. The van der Waals surface area contributed by atoms with Crippen molar-refractivity contribution in [1.29, 1.82) is 0 Å². The maximum Gasteiger partial charge on any atom is 0.269 e. The summed E-state index contributed by atoms with van der Waals surface area (Å²) in [6.07, 6.45) is 4.50. The molecule has 388 valence electrons. The molecule has 13 aromatic rings. The number of benzene rings is 10. The number of nitrogens with zero attached hydrogens (tertiary/aromatic N) is 4. The molecule has 0 spiro atoms. The van der Waals surface area contributed by atoms with Crippen LogP contribution >= 0.6 is 0 Å². The minimum absolute atomic E-state index is 0.00494. The summed E-state index contributed by atoms with van der Waals surface area (Å²) < 4.78 is 303. The van der Waals surface area contributed by atoms with E-state index in [0.717, 1.165) is 12.3 Å². The highest BCUT2D eigenvalue weighted by Gasteiger charge is 2.44. The van der Waals surface area contributed by atoms with Crippen LogP contribution in [0.25, 0.3) is 72.3 Å². The smallest absolute Gasteiger partial charge is 0.269 e. The van der Waals surface area contributed by atoms with Crippen molar-refractivity contribution in [1.82, 2.24) is 14.1 Å². The van der Waals surface area contributed by atoms with Crippen molar-refractivity contribution in [2.24, 2.45) is 0 Å². The minimum Gasteiger partial charge on any atom is -0.458 e. The maximum absolute atomic E-state index is 10.0. The lowest BCUT2D eigenvalue weighted by Crippen LogP contribution is -2.76. The van der Waals surface area contributed by atoms with Gasteiger partial charge in [0.25, 0.3) is 6.33 Å². The second kappa shape index (κ2) is 20.1. The molecule has 0 aliphatic heterocycles. The van der Waals surface area contributed by atoms with Crippen molar-refractivity contribution in [2.75, 3.05) is 0 Å². The number of hydrogen-bond acceptors (Lipinski definition) is 2. The Morgan fingerprint density at radius 1 is 0.550 bits per heavy atom. The fraction of sp³-hybridized carbons (Fsp3) is 0.108. The average molecular weight is 1080 g/mol. The maximum atomic E-state index is 10.0. The summed E-state index contributed by atoms with van der Waals surface area (Å²) in [5, 5.41) is -2.09. The third-order valence-corrected chi connectivity index (χ3v) is 18.2. The van der Waals surface area contributed by atoms with Gasteiger partial charge in [0, 0.05) is 45.0 Å². The van der Waals surface area contributed by atoms with Gasteiger partial charge in [-0.1, -0.05) is 214 Å². The quantitative estimate of drug-likeness (QED) is 0.0560. The van der Waals surface area contributed by atoms with E-state index in [-0.39, 0.29) is 84.2 Å². The third-order valence-electron chi connectivity index (χ3n) is 14.0. The molecule has 10 aromatic carbocycles. The molecule has 0 bridgehead atoms. The van der Waals surface area contributed by atoms with Gasteiger partial charge in [-0.05, 0) is 141 Å². The van der Waals surface area contributed by atoms with Crippen LogP contribution in [0.3, 0.4) is 0 Å². The van der Waals surface area contributed by atoms with E-state index in [1.165, 1.54) is 63.7 Å². The van der Waals surface area contributed by atoms with Crippen LogP contribution in [-0.4, -0.2) is 22.2 Å². The Morgan fingerprint density at radius 3 is 1.85 bits per heavy atom. The molecule has 3 heterocycles. The Balaban J connectivity index is 1.15. The number of pyridine rings is 1. The molecule has 5 nitrogen and oxygen atoms in total. The van der Waals surface area contributed by atoms with Crippen LogP contribution in [0.1, 0.15) is 92.5 Å². The van der Waals surface area contributed by atoms with E-state index in [4.69, 9.17) is 28.0 Å². The first-order valence-corrected chi connectivity index (χ1v) is 27.0. The standard InChI is InChI=1S/C74H62N4OSi/c1-50-42-65(74(5,6)7)73(70(43-50)80(59-30-14-9-15-31-59,60-32-16-10-17-33-60)61-34-18-11-19-35-61)77-49-76(69-45-55(38-41-67(69)77)72-51(2)24-22-25-52(72)3)56-28-23-29-57(46-56)79-58-39-40-63-62-36-20-21-37-66(62)78(68(63)47-58)71-44-53(4)64(48-75-71)54-26-12-8-13-27-54/h8-48H,1-7H3/i1D3,2D3,3D3,4D3,8D,9D,10D,11D,12D,13D,14D,15D,16D,17D,18D,19D,26D,27D,30D,31D,32D,33D,34D,35D. The van der Waals surface area contributed by atoms with Crippen LogP contribution < -0.4 is 30.1 Å². The molecule has 0 atom stereocenters. The summed E-state index contributed by atoms with van der Waals surface area (Å²) in [5.74, 6) is 0.276. The van der Waals surface area contributed by atoms with Crippen molar-refractivity contribution in [3.8, 4) is 50.9 Å². The summed E-state index contributed by atoms with van der Waals surface area (Å²) in [7, 11) is -6.30. The molecule has 80 heavy (non-hydrogen) atoms. The summed E-state index contributed by atoms with van der Waals surface area (Å²) in [5.41, 5.74) is -3.30. The van der Waals surface area contributed by atoms with Crippen molar-refractivity contribution in [3.63, 3.8) is 0 Å². The number of fused-ring (bicyclic) bond motifs is 4. The van der Waals surface area contributed by atoms with Gasteiger partial charge in [0.1, 0.15) is 17.3 Å². The summed E-state index contributed by atoms with van der Waals surface area (Å²) >= 11 is 0. The van der Waals surface area contributed by atoms with Crippen LogP contribution in [-0.2, 0) is 5.41 Å². The number of aryl methyl sites for hydroxylation is 4. The van der Waals surface area contributed by atoms with Crippen LogP contribution in [0.2, 0.25) is 0 Å². The monoisotopic (exact) mass is 1080 g/mol. The molecule has 0 amide bonds. The van der Waals surface area contributed by atoms with E-state index in [1.54, 1.807) is 79.9 Å². The molecule has 13 rings (SSSR count). The van der Waals surface area contributed by atoms with Crippen LogP contribution in [0, 0.1) is 33.7 Å². The van der Waals surface area contributed by atoms with E-state index >= 15 is 0 Å². The molecule has 0 saturated heterocycles. The Hall–Kier alpha value is -9.36. The fourth-order valence-corrected chi connectivity index (χ4v) is 14.6. The Kier molecular flexibility index (Phi) is 6.56. The van der Waals surface area contributed by atoms with Gasteiger partial charge in [0.15, 0.2) is 8.07 Å². The van der Waals surface area contributed by atoms with Gasteiger partial charge < -0.3 is 4.74 Å². The van der Waals surface area contributed by atoms with E-state index in [1.807, 2.05) is 6.07 Å². The Morgan fingerprint density at radius 2 is 1.19 bits per heavy atom. The second-order valence-corrected chi connectivity index (χ2v) is 23.4. The van der Waals surface area contributed by atoms with Crippen molar-refractivity contribution in [2.45, 2.75) is 53.6 Å². The molecular formula is C74H62N4OSi. The molecule has 0 unspecified atom stereocenters. The average Bonchev–Trinajstić information content (AvgIpc) is 0.843. The minimum atomic E-state index is -6.30. The number of aromatic nitrogens is 4. The van der Waals surface area contributed by atoms with Crippen LogP contribution in [0.5, 0.6) is 11.5 Å². The van der Waals surface area contributed by atoms with E-state index < -0.39 is 188 Å². The summed E-state index contributed by atoms with van der Waals surface area (Å²) in [4.78, 5) is 4.69. The molecule has 0 N–H and O–H groups in total. The zero-order valence-corrected chi connectivity index (χ0v) is 43.8. The highest BCUT2D eigenvalue weighted by atomic mass is 28.3. The van der Waals surface area contributed by atoms with Gasteiger partial charge in [0.2, 0.25) is 0 Å². The van der Waals surface area contributed by atoms with Crippen molar-refractivity contribution < 1.29 is 53.2 Å². The zero-order chi connectivity index (χ0) is 82.1. The lowest BCUT2D eigenvalue weighted by Gasteiger charge is -2.38. The van der Waals surface area contributed by atoms with Gasteiger partial charge in [0.05, 0.1) is 60.9 Å². The highest BCUT2D eigenvalue weighted by molar-refractivity contribution is 7.20. The number of para-hydroxylation sites is 1. The number of rotatable bonds is 11. The van der Waals surface area contributed by atoms with Gasteiger partial charge in [-0.15, -0.1) is 0 Å². The van der Waals surface area contributed by atoms with Gasteiger partial charge in [-0.25, -0.2) is 4.98 Å². The lowest BCUT2D eigenvalue weighted by molar-refractivity contribution is -0.572. The fourth-order valence-electron chi connectivity index (χ4n) is 10.5. The largest absolute Gasteiger partial charge is 0.458 e. The van der Waals surface area contributed by atoms with Crippen molar-refractivity contribution >= 4 is 61.7 Å². The molecule has 0 fully saturated rings. The van der Waals surface area contributed by atoms with E-state index in [0.29, 0.717) is 21.8 Å². The molecule has 0 saturated carbocycles. The number of imidazole rings is 1. The number of hydrogen-bond donors (Lipinski definition) is 0. The lowest BCUT2D eigenvalue weighted by atomic mass is 9.84. The van der Waals surface area contributed by atoms with E-state index in [9.17, 15) is 20.6 Å². The molecule has 6 heteroatoms. The van der Waals surface area contributed by atoms with Crippen molar-refractivity contribution in [3.05, 3.63) is 283 Å². The Bertz CT molecular complexity index is 5870. The van der Waals surface area contributed by atoms with Gasteiger partial charge in [-0.3, -0.25) is 13.7 Å². The SMILES string of the molecule is [2H]c1c([2H])c([2H])c(-c2cnc(-n3c4ccccc4c4ccc(Oc5cccc(-n6[c-][n+](-c7c(C(C)(C)C)cc(C([2H])([2H])[2H])cc7[Si](c7c([2H])c([2H])c([2H])c([2H])c7[2H])(c7c([2H])c([2H])c([2H])c([2H])c7[2H])c7c([2H])c([2H])c([2H])c([2H])c7[2H])c7ccc(-c8c(C([2H])([2H])[2H])cccc8C([2H])([2H])[2H])cc76)c5)cc43)cc2C([2H])([2H])[2H])c([2H])c1[2H]. The zero-order valence-electron chi connectivity index (χ0n) is 74.8. The predicted molar refractivity (Wildman–Crippen MR) is 334 cm³/mol. The first-order chi connectivity index (χ1) is 52.1. The molecule has 0 aliphatic carbocycles. The van der Waals surface area contributed by atoms with Gasteiger partial charge >= 0.3 is 0 Å². The van der Waals surface area contributed by atoms with Crippen LogP contribution in [0.4, 0.5) is 0 Å². The van der Waals surface area contributed by atoms with E-state index in [2.05, 4.69) is 11.3 Å². The number of ether oxygens (including phenoxy) is 1. The van der Waals surface area contributed by atoms with Gasteiger partial charge in [-0.2, -0.15) is 0 Å². The molecular weight excluding hydrogens is 989 g/mol. The normalized spacial score (nSPS) is 18.3. The van der Waals surface area contributed by atoms with Crippen LogP contribution in [0.15, 0.2) is 248 Å². The summed E-state index contributed by atoms with van der Waals surface area (Å²) in [6.45, 7) is -7.20. The highest BCUT2D eigenvalue weighted by Crippen LogP contribution is 2.38. The molecule has 0 radical (unpaired) electrons. The third kappa shape index (κ3) is 8.64. The molecule has 0 aliphatic rings. The first kappa shape index (κ1) is 26.1. The first-order valence-electron chi connectivity index (χ1n) is 41.0. The summed E-state index contributed by atoms with van der Waals surface area (Å²) in [6, 6.07) is 10.1. The Labute approximate surface area is 515 Å². The topological polar surface area (TPSA) is 35.9 Å². The predicted octanol–water partition coefficient (Wildman–Crippen LogP) is 15.2. The second-order valence-electron chi connectivity index (χ2n) is 19.8.